The van der Waals surface area contributed by atoms with Gasteiger partial charge in [-0.05, 0) is 25.3 Å². The average Bonchev–Trinajstić information content (AvgIpc) is 2.65. The first-order valence-electron chi connectivity index (χ1n) is 8.62. The lowest BCUT2D eigenvalue weighted by Gasteiger charge is -2.58. The standard InChI is InChI=1S/C19H21N3O4/c1-19(12-6-4-3-5-7-12)14(24)8-9-15-20(2)18(26)16-17(25)13(23)10-11-21(16)22(15)19/h3-7,10-11,14-15,24-25H,8-9H2,1-2H3/t14-,15?,19-/m1/s1. The van der Waals surface area contributed by atoms with E-state index in [0.29, 0.717) is 12.8 Å². The van der Waals surface area contributed by atoms with Crippen molar-refractivity contribution in [2.24, 2.45) is 0 Å². The van der Waals surface area contributed by atoms with Crippen molar-refractivity contribution in [2.75, 3.05) is 12.1 Å². The Bertz CT molecular complexity index is 926. The molecule has 1 fully saturated rings. The van der Waals surface area contributed by atoms with Gasteiger partial charge in [-0.3, -0.25) is 19.3 Å². The molecule has 2 N–H and O–H groups in total. The van der Waals surface area contributed by atoms with Gasteiger partial charge < -0.3 is 15.1 Å². The molecule has 1 saturated heterocycles. The topological polar surface area (TPSA) is 86.0 Å². The van der Waals surface area contributed by atoms with E-state index in [0.717, 1.165) is 5.56 Å². The Morgan fingerprint density at radius 3 is 2.50 bits per heavy atom. The number of rotatable bonds is 1. The average molecular weight is 355 g/mol. The molecule has 3 heterocycles. The molecule has 1 aromatic carbocycles. The van der Waals surface area contributed by atoms with E-state index in [1.807, 2.05) is 42.3 Å². The molecule has 2 aliphatic heterocycles. The third-order valence-corrected chi connectivity index (χ3v) is 5.72. The van der Waals surface area contributed by atoms with Crippen molar-refractivity contribution in [1.29, 1.82) is 0 Å². The molecule has 1 amide bonds. The molecule has 0 radical (unpaired) electrons. The van der Waals surface area contributed by atoms with Crippen LogP contribution < -0.4 is 10.4 Å². The predicted molar refractivity (Wildman–Crippen MR) is 95.5 cm³/mol. The van der Waals surface area contributed by atoms with Gasteiger partial charge >= 0.3 is 0 Å². The Labute approximate surface area is 150 Å². The molecule has 0 saturated carbocycles. The van der Waals surface area contributed by atoms with Crippen LogP contribution in [0.1, 0.15) is 35.8 Å². The summed E-state index contributed by atoms with van der Waals surface area (Å²) in [4.78, 5) is 26.2. The summed E-state index contributed by atoms with van der Waals surface area (Å²) in [7, 11) is 1.66. The number of fused-ring (bicyclic) bond motifs is 3. The maximum atomic E-state index is 12.8. The molecule has 7 nitrogen and oxygen atoms in total. The van der Waals surface area contributed by atoms with Crippen molar-refractivity contribution in [3.63, 3.8) is 0 Å². The summed E-state index contributed by atoms with van der Waals surface area (Å²) in [5.74, 6) is -0.980. The van der Waals surface area contributed by atoms with Gasteiger partial charge in [-0.2, -0.15) is 0 Å². The van der Waals surface area contributed by atoms with Crippen molar-refractivity contribution in [3.05, 3.63) is 64.1 Å². The molecule has 0 spiro atoms. The van der Waals surface area contributed by atoms with E-state index in [1.165, 1.54) is 21.8 Å². The fourth-order valence-corrected chi connectivity index (χ4v) is 4.20. The third kappa shape index (κ3) is 2.03. The van der Waals surface area contributed by atoms with Crippen molar-refractivity contribution >= 4 is 5.91 Å². The van der Waals surface area contributed by atoms with Gasteiger partial charge in [0.05, 0.1) is 6.10 Å². The van der Waals surface area contributed by atoms with E-state index in [1.54, 1.807) is 7.05 Å². The molecule has 136 valence electrons. The van der Waals surface area contributed by atoms with Crippen LogP contribution in [0.3, 0.4) is 0 Å². The quantitative estimate of drug-likeness (QED) is 0.796. The van der Waals surface area contributed by atoms with Gasteiger partial charge in [0.1, 0.15) is 11.7 Å². The number of benzene rings is 1. The molecule has 0 bridgehead atoms. The van der Waals surface area contributed by atoms with E-state index in [4.69, 9.17) is 0 Å². The number of piperidine rings is 1. The van der Waals surface area contributed by atoms with Gasteiger partial charge in [-0.1, -0.05) is 30.3 Å². The number of hydrogen-bond donors (Lipinski definition) is 2. The normalized spacial score (nSPS) is 27.9. The molecule has 0 aliphatic carbocycles. The van der Waals surface area contributed by atoms with E-state index in [-0.39, 0.29) is 11.9 Å². The number of nitrogens with zero attached hydrogens (tertiary/aromatic N) is 3. The molecular formula is C19H21N3O4. The molecule has 1 aromatic heterocycles. The molecule has 2 aliphatic rings. The summed E-state index contributed by atoms with van der Waals surface area (Å²) in [5, 5.41) is 23.1. The summed E-state index contributed by atoms with van der Waals surface area (Å²) in [5.41, 5.74) is -0.623. The van der Waals surface area contributed by atoms with Gasteiger partial charge in [-0.15, -0.1) is 0 Å². The van der Waals surface area contributed by atoms with Gasteiger partial charge in [0.25, 0.3) is 5.91 Å². The monoisotopic (exact) mass is 355 g/mol. The smallest absolute Gasteiger partial charge is 0.277 e. The first-order valence-corrected chi connectivity index (χ1v) is 8.62. The van der Waals surface area contributed by atoms with Crippen LogP contribution in [0, 0.1) is 0 Å². The van der Waals surface area contributed by atoms with Gasteiger partial charge in [0.2, 0.25) is 5.43 Å². The zero-order valence-corrected chi connectivity index (χ0v) is 14.7. The van der Waals surface area contributed by atoms with Crippen LogP contribution in [0.15, 0.2) is 47.4 Å². The number of carbonyl (C=O) groups is 1. The second kappa shape index (κ2) is 5.60. The molecule has 1 unspecified atom stereocenters. The van der Waals surface area contributed by atoms with E-state index in [2.05, 4.69) is 0 Å². The van der Waals surface area contributed by atoms with Gasteiger partial charge in [-0.25, -0.2) is 0 Å². The first-order chi connectivity index (χ1) is 12.4. The number of hydrogen-bond acceptors (Lipinski definition) is 5. The molecule has 3 atom stereocenters. The third-order valence-electron chi connectivity index (χ3n) is 5.72. The maximum absolute atomic E-state index is 12.8. The summed E-state index contributed by atoms with van der Waals surface area (Å²) in [6.45, 7) is 1.92. The Balaban J connectivity index is 2.01. The lowest BCUT2D eigenvalue weighted by Crippen LogP contribution is -2.71. The lowest BCUT2D eigenvalue weighted by atomic mass is 9.79. The van der Waals surface area contributed by atoms with Gasteiger partial charge in [0.15, 0.2) is 11.4 Å². The Hall–Kier alpha value is -2.80. The number of aromatic nitrogens is 1. The van der Waals surface area contributed by atoms with Crippen molar-refractivity contribution in [2.45, 2.75) is 37.6 Å². The highest BCUT2D eigenvalue weighted by molar-refractivity contribution is 5.96. The molecular weight excluding hydrogens is 334 g/mol. The maximum Gasteiger partial charge on any atom is 0.277 e. The fourth-order valence-electron chi connectivity index (χ4n) is 4.20. The van der Waals surface area contributed by atoms with Crippen molar-refractivity contribution in [3.8, 4) is 5.75 Å². The predicted octanol–water partition coefficient (Wildman–Crippen LogP) is 0.974. The summed E-state index contributed by atoms with van der Waals surface area (Å²) < 4.78 is 1.53. The number of amides is 1. The summed E-state index contributed by atoms with van der Waals surface area (Å²) in [6, 6.07) is 10.8. The van der Waals surface area contributed by atoms with Crippen LogP contribution in [-0.2, 0) is 5.54 Å². The number of aliphatic hydroxyl groups excluding tert-OH is 1. The Morgan fingerprint density at radius 1 is 1.12 bits per heavy atom. The minimum Gasteiger partial charge on any atom is -0.502 e. The SMILES string of the molecule is CN1C(=O)c2c(O)c(=O)ccn2N2C1CC[C@@H](O)[C@@]2(C)c1ccccc1. The molecule has 26 heavy (non-hydrogen) atoms. The van der Waals surface area contributed by atoms with Crippen LogP contribution in [0.5, 0.6) is 5.75 Å². The van der Waals surface area contributed by atoms with Crippen LogP contribution >= 0.6 is 0 Å². The highest BCUT2D eigenvalue weighted by Crippen LogP contribution is 2.42. The Morgan fingerprint density at radius 2 is 1.81 bits per heavy atom. The number of aromatic hydroxyl groups is 1. The summed E-state index contributed by atoms with van der Waals surface area (Å²) >= 11 is 0. The second-order valence-electron chi connectivity index (χ2n) is 7.07. The number of aliphatic hydroxyl groups is 1. The Kier molecular flexibility index (Phi) is 3.59. The first kappa shape index (κ1) is 16.7. The van der Waals surface area contributed by atoms with Gasteiger partial charge in [0, 0.05) is 19.3 Å². The van der Waals surface area contributed by atoms with Crippen molar-refractivity contribution < 1.29 is 15.0 Å². The van der Waals surface area contributed by atoms with E-state index in [9.17, 15) is 19.8 Å². The number of pyridine rings is 1. The highest BCUT2D eigenvalue weighted by Gasteiger charge is 2.52. The van der Waals surface area contributed by atoms with Crippen LogP contribution in [0.25, 0.3) is 0 Å². The summed E-state index contributed by atoms with van der Waals surface area (Å²) in [6.07, 6.45) is 1.63. The molecule has 2 aromatic rings. The largest absolute Gasteiger partial charge is 0.502 e. The number of carbonyl (C=O) groups excluding carboxylic acids is 1. The van der Waals surface area contributed by atoms with Crippen LogP contribution in [-0.4, -0.2) is 45.0 Å². The van der Waals surface area contributed by atoms with E-state index >= 15 is 0 Å². The lowest BCUT2D eigenvalue weighted by molar-refractivity contribution is -0.0102. The molecule has 7 heteroatoms. The highest BCUT2D eigenvalue weighted by atomic mass is 16.3. The zero-order valence-electron chi connectivity index (χ0n) is 14.7. The zero-order chi connectivity index (χ0) is 18.6. The van der Waals surface area contributed by atoms with Crippen molar-refractivity contribution in [1.82, 2.24) is 9.58 Å². The minimum atomic E-state index is -0.838. The fraction of sp³-hybridized carbons (Fsp3) is 0.368. The minimum absolute atomic E-state index is 0.0764. The van der Waals surface area contributed by atoms with Crippen LogP contribution in [0.4, 0.5) is 0 Å². The van der Waals surface area contributed by atoms with Crippen LogP contribution in [0.2, 0.25) is 0 Å². The molecule has 4 rings (SSSR count). The second-order valence-corrected chi connectivity index (χ2v) is 7.07. The van der Waals surface area contributed by atoms with E-state index < -0.39 is 28.7 Å².